The summed E-state index contributed by atoms with van der Waals surface area (Å²) in [5.41, 5.74) is 3.08. The topological polar surface area (TPSA) is 62.2 Å². The third-order valence-corrected chi connectivity index (χ3v) is 4.76. The summed E-state index contributed by atoms with van der Waals surface area (Å²) in [5, 5.41) is 10.1. The molecule has 0 saturated carbocycles. The van der Waals surface area contributed by atoms with E-state index in [1.165, 1.54) is 5.56 Å². The van der Waals surface area contributed by atoms with Gasteiger partial charge in [-0.25, -0.2) is 0 Å². The van der Waals surface area contributed by atoms with Crippen molar-refractivity contribution < 1.29 is 9.53 Å². The molecule has 1 aliphatic rings. The van der Waals surface area contributed by atoms with Gasteiger partial charge in [0.15, 0.2) is 5.17 Å². The van der Waals surface area contributed by atoms with Crippen molar-refractivity contribution in [2.24, 2.45) is 0 Å². The first-order valence-electron chi connectivity index (χ1n) is 7.28. The number of carbonyl (C=O) groups is 1. The maximum absolute atomic E-state index is 11.8. The van der Waals surface area contributed by atoms with E-state index in [0.717, 1.165) is 27.4 Å². The molecule has 1 aliphatic heterocycles. The second-order valence-corrected chi connectivity index (χ2v) is 7.32. The number of halogens is 1. The summed E-state index contributed by atoms with van der Waals surface area (Å²) < 4.78 is 6.83. The first-order chi connectivity index (χ1) is 11.5. The van der Waals surface area contributed by atoms with Crippen LogP contribution in [0.5, 0.6) is 5.75 Å². The maximum atomic E-state index is 11.8. The van der Waals surface area contributed by atoms with Crippen molar-refractivity contribution in [3.63, 3.8) is 0 Å². The Bertz CT molecular complexity index is 831. The van der Waals surface area contributed by atoms with Crippen LogP contribution >= 0.6 is 27.7 Å². The fourth-order valence-electron chi connectivity index (χ4n) is 2.19. The van der Waals surface area contributed by atoms with Crippen LogP contribution < -0.4 is 10.1 Å². The van der Waals surface area contributed by atoms with E-state index < -0.39 is 0 Å². The highest BCUT2D eigenvalue weighted by Gasteiger charge is 2.22. The lowest BCUT2D eigenvalue weighted by molar-refractivity contribution is -0.115. The van der Waals surface area contributed by atoms with Crippen molar-refractivity contribution in [2.45, 2.75) is 13.5 Å². The number of ether oxygens (including phenoxy) is 1. The van der Waals surface area contributed by atoms with Crippen molar-refractivity contribution in [1.82, 2.24) is 5.32 Å². The van der Waals surface area contributed by atoms with Gasteiger partial charge in [0.1, 0.15) is 12.4 Å². The van der Waals surface area contributed by atoms with E-state index in [1.54, 1.807) is 6.08 Å². The maximum Gasteiger partial charge on any atom is 0.264 e. The zero-order valence-electron chi connectivity index (χ0n) is 12.9. The van der Waals surface area contributed by atoms with E-state index in [2.05, 4.69) is 21.2 Å². The van der Waals surface area contributed by atoms with Crippen molar-refractivity contribution in [1.29, 1.82) is 5.41 Å². The number of amides is 1. The minimum Gasteiger partial charge on any atom is -0.488 e. The molecule has 3 rings (SSSR count). The van der Waals surface area contributed by atoms with Crippen LogP contribution in [0.3, 0.4) is 0 Å². The van der Waals surface area contributed by atoms with Crippen LogP contribution in [0.15, 0.2) is 51.8 Å². The first-order valence-corrected chi connectivity index (χ1v) is 8.89. The first kappa shape index (κ1) is 16.8. The quantitative estimate of drug-likeness (QED) is 0.741. The van der Waals surface area contributed by atoms with E-state index in [-0.39, 0.29) is 11.1 Å². The van der Waals surface area contributed by atoms with E-state index in [9.17, 15) is 4.79 Å². The fourth-order valence-corrected chi connectivity index (χ4v) is 3.26. The number of hydrogen-bond donors (Lipinski definition) is 2. The van der Waals surface area contributed by atoms with E-state index in [0.29, 0.717) is 17.3 Å². The molecule has 122 valence electrons. The lowest BCUT2D eigenvalue weighted by Gasteiger charge is -2.10. The van der Waals surface area contributed by atoms with Gasteiger partial charge in [-0.05, 0) is 48.5 Å². The number of aryl methyl sites for hydroxylation is 1. The molecule has 1 heterocycles. The van der Waals surface area contributed by atoms with E-state index in [4.69, 9.17) is 10.1 Å². The second-order valence-electron chi connectivity index (χ2n) is 5.35. The normalized spacial score (nSPS) is 15.7. The van der Waals surface area contributed by atoms with Gasteiger partial charge in [0, 0.05) is 10.0 Å². The number of nitrogens with one attached hydrogen (secondary N) is 2. The fraction of sp³-hybridized carbons (Fsp3) is 0.111. The average molecular weight is 403 g/mol. The van der Waals surface area contributed by atoms with Gasteiger partial charge in [-0.15, -0.1) is 0 Å². The van der Waals surface area contributed by atoms with Crippen molar-refractivity contribution in [3.8, 4) is 5.75 Å². The van der Waals surface area contributed by atoms with Gasteiger partial charge in [0.2, 0.25) is 0 Å². The van der Waals surface area contributed by atoms with E-state index in [1.807, 2.05) is 49.4 Å². The molecule has 2 N–H and O–H groups in total. The molecule has 0 radical (unpaired) electrons. The lowest BCUT2D eigenvalue weighted by Crippen LogP contribution is -2.18. The molecule has 24 heavy (non-hydrogen) atoms. The van der Waals surface area contributed by atoms with E-state index >= 15 is 0 Å². The number of benzene rings is 2. The molecule has 0 aliphatic carbocycles. The summed E-state index contributed by atoms with van der Waals surface area (Å²) in [6.45, 7) is 2.50. The molecule has 4 nitrogen and oxygen atoms in total. The smallest absolute Gasteiger partial charge is 0.264 e. The zero-order valence-corrected chi connectivity index (χ0v) is 15.3. The molecule has 0 aromatic heterocycles. The SMILES string of the molecule is Cc1ccc(COc2ccc(Br)cc2/C=C2\SC(=N)NC2=O)cc1. The highest BCUT2D eigenvalue weighted by atomic mass is 79.9. The summed E-state index contributed by atoms with van der Waals surface area (Å²) in [6.07, 6.45) is 1.75. The summed E-state index contributed by atoms with van der Waals surface area (Å²) in [4.78, 5) is 12.3. The van der Waals surface area contributed by atoms with Gasteiger partial charge in [0.05, 0.1) is 4.91 Å². The Kier molecular flexibility index (Phi) is 5.06. The van der Waals surface area contributed by atoms with Gasteiger partial charge in [0.25, 0.3) is 5.91 Å². The number of thioether (sulfide) groups is 1. The molecule has 6 heteroatoms. The monoisotopic (exact) mass is 402 g/mol. The van der Waals surface area contributed by atoms with Crippen molar-refractivity contribution >= 4 is 44.8 Å². The third-order valence-electron chi connectivity index (χ3n) is 3.44. The molecule has 2 aromatic rings. The average Bonchev–Trinajstić information content (AvgIpc) is 2.86. The summed E-state index contributed by atoms with van der Waals surface area (Å²) >= 11 is 4.55. The largest absolute Gasteiger partial charge is 0.488 e. The van der Waals surface area contributed by atoms with Crippen LogP contribution in [0.2, 0.25) is 0 Å². The summed E-state index contributed by atoms with van der Waals surface area (Å²) in [7, 11) is 0. The van der Waals surface area contributed by atoms with Crippen LogP contribution in [0.4, 0.5) is 0 Å². The molecular weight excluding hydrogens is 388 g/mol. The third kappa shape index (κ3) is 4.07. The van der Waals surface area contributed by atoms with Crippen LogP contribution in [-0.4, -0.2) is 11.1 Å². The van der Waals surface area contributed by atoms with Gasteiger partial charge < -0.3 is 10.1 Å². The Morgan fingerprint density at radius 2 is 2.00 bits per heavy atom. The van der Waals surface area contributed by atoms with Crippen LogP contribution in [0, 0.1) is 12.3 Å². The molecule has 0 bridgehead atoms. The second kappa shape index (κ2) is 7.23. The molecule has 0 atom stereocenters. The Hall–Kier alpha value is -2.05. The van der Waals surface area contributed by atoms with Gasteiger partial charge in [-0.2, -0.15) is 0 Å². The molecule has 0 spiro atoms. The predicted molar refractivity (Wildman–Crippen MR) is 101 cm³/mol. The van der Waals surface area contributed by atoms with Gasteiger partial charge in [-0.3, -0.25) is 10.2 Å². The highest BCUT2D eigenvalue weighted by Crippen LogP contribution is 2.31. The Balaban J connectivity index is 1.83. The zero-order chi connectivity index (χ0) is 17.1. The van der Waals surface area contributed by atoms with Crippen LogP contribution in [0.25, 0.3) is 6.08 Å². The Labute approximate surface area is 152 Å². The van der Waals surface area contributed by atoms with Gasteiger partial charge in [-0.1, -0.05) is 45.8 Å². The molecule has 2 aromatic carbocycles. The Morgan fingerprint density at radius 3 is 2.67 bits per heavy atom. The van der Waals surface area contributed by atoms with Crippen molar-refractivity contribution in [2.75, 3.05) is 0 Å². The number of rotatable bonds is 4. The summed E-state index contributed by atoms with van der Waals surface area (Å²) in [6, 6.07) is 13.8. The minimum atomic E-state index is -0.255. The number of carbonyl (C=O) groups excluding carboxylic acids is 1. The van der Waals surface area contributed by atoms with Crippen LogP contribution in [-0.2, 0) is 11.4 Å². The molecular formula is C18H15BrN2O2S. The highest BCUT2D eigenvalue weighted by molar-refractivity contribution is 9.10. The standard InChI is InChI=1S/C18H15BrN2O2S/c1-11-2-4-12(5-3-11)10-23-15-7-6-14(19)8-13(15)9-16-17(22)21-18(20)24-16/h2-9H,10H2,1H3,(H2,20,21,22)/b16-9-. The molecule has 1 saturated heterocycles. The van der Waals surface area contributed by atoms with Crippen molar-refractivity contribution in [3.05, 3.63) is 68.5 Å². The number of amidine groups is 1. The van der Waals surface area contributed by atoms with Crippen LogP contribution in [0.1, 0.15) is 16.7 Å². The molecule has 1 amide bonds. The Morgan fingerprint density at radius 1 is 1.25 bits per heavy atom. The minimum absolute atomic E-state index is 0.142. The molecule has 0 unspecified atom stereocenters. The van der Waals surface area contributed by atoms with Gasteiger partial charge >= 0.3 is 0 Å². The predicted octanol–water partition coefficient (Wildman–Crippen LogP) is 4.48. The molecule has 1 fully saturated rings. The lowest BCUT2D eigenvalue weighted by atomic mass is 10.1. The number of hydrogen-bond acceptors (Lipinski definition) is 4. The summed E-state index contributed by atoms with van der Waals surface area (Å²) in [5.74, 6) is 0.438.